The maximum Gasteiger partial charge on any atom is 0.326 e. The van der Waals surface area contributed by atoms with Crippen molar-refractivity contribution < 1.29 is 39.0 Å². The number of carbonyl (C=O) groups excluding carboxylic acids is 4. The van der Waals surface area contributed by atoms with Gasteiger partial charge in [-0.05, 0) is 18.3 Å². The van der Waals surface area contributed by atoms with Crippen molar-refractivity contribution in [1.29, 1.82) is 0 Å². The normalized spacial score (nSPS) is 15.5. The third kappa shape index (κ3) is 10.8. The van der Waals surface area contributed by atoms with Crippen molar-refractivity contribution in [2.24, 2.45) is 23.3 Å². The fourth-order valence-corrected chi connectivity index (χ4v) is 2.83. The van der Waals surface area contributed by atoms with Crippen LogP contribution in [0.4, 0.5) is 0 Å². The van der Waals surface area contributed by atoms with Crippen molar-refractivity contribution in [3.63, 3.8) is 0 Å². The Morgan fingerprint density at radius 2 is 1.39 bits per heavy atom. The molecule has 0 aromatic heterocycles. The molecular weight excluding hydrogens is 438 g/mol. The molecule has 0 aromatic rings. The number of carboxylic acids is 2. The van der Waals surface area contributed by atoms with Crippen molar-refractivity contribution in [2.45, 2.75) is 77.5 Å². The molecule has 5 atom stereocenters. The third-order valence-electron chi connectivity index (χ3n) is 5.07. The molecule has 33 heavy (non-hydrogen) atoms. The van der Waals surface area contributed by atoms with Gasteiger partial charge in [-0.15, -0.1) is 0 Å². The Balaban J connectivity index is 5.56. The van der Waals surface area contributed by atoms with Crippen LogP contribution in [0.25, 0.3) is 0 Å². The lowest BCUT2D eigenvalue weighted by molar-refractivity contribution is -0.144. The highest BCUT2D eigenvalue weighted by molar-refractivity contribution is 5.95. The van der Waals surface area contributed by atoms with Gasteiger partial charge in [0, 0.05) is 6.42 Å². The maximum atomic E-state index is 12.8. The number of nitrogens with one attached hydrogen (secondary N) is 3. The Kier molecular flexibility index (Phi) is 12.7. The molecule has 0 radical (unpaired) electrons. The molecule has 13 heteroatoms. The first-order valence-corrected chi connectivity index (χ1v) is 10.6. The minimum absolute atomic E-state index is 0.197. The Morgan fingerprint density at radius 3 is 1.82 bits per heavy atom. The summed E-state index contributed by atoms with van der Waals surface area (Å²) in [5, 5.41) is 25.3. The standard InChI is InChI=1S/C20H35N5O8/c1-5-10(4)16(20(32)33)25-18(30)12(6-7-13(22)26)23-19(31)15(9(2)3)24-17(29)11(21)8-14(27)28/h9-12,15-16H,5-8,21H2,1-4H3,(H2,22,26)(H,23,31)(H,24,29)(H,25,30)(H,27,28)(H,32,33). The van der Waals surface area contributed by atoms with E-state index in [0.717, 1.165) is 0 Å². The van der Waals surface area contributed by atoms with Gasteiger partial charge in [0.1, 0.15) is 18.1 Å². The Morgan fingerprint density at radius 1 is 0.848 bits per heavy atom. The van der Waals surface area contributed by atoms with Crippen LogP contribution in [0.2, 0.25) is 0 Å². The number of carboxylic acid groups (broad SMARTS) is 2. The molecule has 0 aliphatic carbocycles. The van der Waals surface area contributed by atoms with Gasteiger partial charge in [0.15, 0.2) is 0 Å². The second-order valence-corrected chi connectivity index (χ2v) is 8.21. The van der Waals surface area contributed by atoms with E-state index >= 15 is 0 Å². The quantitative estimate of drug-likeness (QED) is 0.143. The van der Waals surface area contributed by atoms with E-state index in [-0.39, 0.29) is 12.8 Å². The van der Waals surface area contributed by atoms with Crippen LogP contribution in [0.3, 0.4) is 0 Å². The molecule has 0 aliphatic heterocycles. The molecule has 0 aromatic carbocycles. The highest BCUT2D eigenvalue weighted by Crippen LogP contribution is 2.10. The monoisotopic (exact) mass is 473 g/mol. The summed E-state index contributed by atoms with van der Waals surface area (Å²) in [7, 11) is 0. The fraction of sp³-hybridized carbons (Fsp3) is 0.700. The zero-order chi connectivity index (χ0) is 25.9. The molecule has 9 N–H and O–H groups in total. The topological polar surface area (TPSA) is 231 Å². The molecule has 0 saturated heterocycles. The Labute approximate surface area is 192 Å². The van der Waals surface area contributed by atoms with Crippen LogP contribution in [0.1, 0.15) is 53.4 Å². The molecule has 4 amide bonds. The molecular formula is C20H35N5O8. The molecule has 0 spiro atoms. The maximum absolute atomic E-state index is 12.8. The summed E-state index contributed by atoms with van der Waals surface area (Å²) in [6.45, 7) is 6.61. The lowest BCUT2D eigenvalue weighted by Gasteiger charge is -2.27. The van der Waals surface area contributed by atoms with Gasteiger partial charge in [-0.3, -0.25) is 24.0 Å². The van der Waals surface area contributed by atoms with Gasteiger partial charge < -0.3 is 37.6 Å². The predicted octanol–water partition coefficient (Wildman–Crippen LogP) is -1.70. The van der Waals surface area contributed by atoms with Crippen molar-refractivity contribution >= 4 is 35.6 Å². The smallest absolute Gasteiger partial charge is 0.326 e. The number of amides is 4. The van der Waals surface area contributed by atoms with Crippen LogP contribution in [-0.2, 0) is 28.8 Å². The summed E-state index contributed by atoms with van der Waals surface area (Å²) < 4.78 is 0. The molecule has 0 fully saturated rings. The van der Waals surface area contributed by atoms with E-state index in [1.165, 1.54) is 0 Å². The second kappa shape index (κ2) is 14.0. The Bertz CT molecular complexity index is 742. The third-order valence-corrected chi connectivity index (χ3v) is 5.07. The van der Waals surface area contributed by atoms with E-state index in [1.807, 2.05) is 0 Å². The average molecular weight is 474 g/mol. The molecule has 188 valence electrons. The molecule has 0 bridgehead atoms. The zero-order valence-electron chi connectivity index (χ0n) is 19.3. The summed E-state index contributed by atoms with van der Waals surface area (Å²) in [6.07, 6.45) is -0.639. The number of primary amides is 1. The number of carbonyl (C=O) groups is 6. The van der Waals surface area contributed by atoms with E-state index < -0.39 is 78.0 Å². The molecule has 13 nitrogen and oxygen atoms in total. The fourth-order valence-electron chi connectivity index (χ4n) is 2.83. The van der Waals surface area contributed by atoms with E-state index in [0.29, 0.717) is 6.42 Å². The van der Waals surface area contributed by atoms with Gasteiger partial charge in [-0.25, -0.2) is 4.79 Å². The van der Waals surface area contributed by atoms with Gasteiger partial charge in [-0.2, -0.15) is 0 Å². The van der Waals surface area contributed by atoms with E-state index in [9.17, 15) is 33.9 Å². The van der Waals surface area contributed by atoms with Crippen LogP contribution in [0, 0.1) is 11.8 Å². The zero-order valence-corrected chi connectivity index (χ0v) is 19.3. The van der Waals surface area contributed by atoms with E-state index in [1.54, 1.807) is 27.7 Å². The summed E-state index contributed by atoms with van der Waals surface area (Å²) in [4.78, 5) is 71.3. The van der Waals surface area contributed by atoms with E-state index in [4.69, 9.17) is 16.6 Å². The number of hydrogen-bond acceptors (Lipinski definition) is 7. The largest absolute Gasteiger partial charge is 0.481 e. The molecule has 0 rings (SSSR count). The number of aliphatic carboxylic acids is 2. The van der Waals surface area contributed by atoms with Gasteiger partial charge in [0.05, 0.1) is 12.5 Å². The SMILES string of the molecule is CCC(C)C(NC(=O)C(CCC(N)=O)NC(=O)C(NC(=O)C(N)CC(=O)O)C(C)C)C(=O)O. The second-order valence-electron chi connectivity index (χ2n) is 8.21. The lowest BCUT2D eigenvalue weighted by atomic mass is 9.98. The van der Waals surface area contributed by atoms with Crippen molar-refractivity contribution in [2.75, 3.05) is 0 Å². The highest BCUT2D eigenvalue weighted by Gasteiger charge is 2.33. The van der Waals surface area contributed by atoms with Gasteiger partial charge in [0.25, 0.3) is 0 Å². The van der Waals surface area contributed by atoms with Crippen LogP contribution >= 0.6 is 0 Å². The average Bonchev–Trinajstić information content (AvgIpc) is 2.70. The van der Waals surface area contributed by atoms with Crippen LogP contribution in [0.15, 0.2) is 0 Å². The van der Waals surface area contributed by atoms with Crippen LogP contribution in [-0.4, -0.2) is 69.9 Å². The minimum atomic E-state index is -1.39. The number of rotatable bonds is 15. The molecule has 0 aliphatic rings. The first kappa shape index (κ1) is 29.8. The van der Waals surface area contributed by atoms with Crippen LogP contribution in [0.5, 0.6) is 0 Å². The van der Waals surface area contributed by atoms with E-state index in [2.05, 4.69) is 16.0 Å². The van der Waals surface area contributed by atoms with Crippen LogP contribution < -0.4 is 27.4 Å². The Hall–Kier alpha value is -3.22. The van der Waals surface area contributed by atoms with Gasteiger partial charge in [-0.1, -0.05) is 34.1 Å². The lowest BCUT2D eigenvalue weighted by Crippen LogP contribution is -2.59. The summed E-state index contributed by atoms with van der Waals surface area (Å²) in [5.41, 5.74) is 10.7. The van der Waals surface area contributed by atoms with Gasteiger partial charge in [0.2, 0.25) is 23.6 Å². The minimum Gasteiger partial charge on any atom is -0.481 e. The van der Waals surface area contributed by atoms with Crippen molar-refractivity contribution in [1.82, 2.24) is 16.0 Å². The number of nitrogens with two attached hydrogens (primary N) is 2. The highest BCUT2D eigenvalue weighted by atomic mass is 16.4. The summed E-state index contributed by atoms with van der Waals surface area (Å²) in [6, 6.07) is -5.09. The first-order chi connectivity index (χ1) is 15.2. The summed E-state index contributed by atoms with van der Waals surface area (Å²) in [5.74, 6) is -6.64. The molecule has 0 saturated carbocycles. The predicted molar refractivity (Wildman–Crippen MR) is 116 cm³/mol. The van der Waals surface area contributed by atoms with Gasteiger partial charge >= 0.3 is 11.9 Å². The first-order valence-electron chi connectivity index (χ1n) is 10.6. The summed E-state index contributed by atoms with van der Waals surface area (Å²) >= 11 is 0. The van der Waals surface area contributed by atoms with Crippen molar-refractivity contribution in [3.8, 4) is 0 Å². The molecule has 5 unspecified atom stereocenters. The molecule has 0 heterocycles. The van der Waals surface area contributed by atoms with Crippen molar-refractivity contribution in [3.05, 3.63) is 0 Å². The number of hydrogen-bond donors (Lipinski definition) is 7.